The molecule has 1 aromatic rings. The second-order valence-corrected chi connectivity index (χ2v) is 6.12. The molecule has 0 saturated carbocycles. The molecule has 0 radical (unpaired) electrons. The van der Waals surface area contributed by atoms with E-state index >= 15 is 0 Å². The van der Waals surface area contributed by atoms with Crippen LogP contribution in [-0.4, -0.2) is 44.5 Å². The van der Waals surface area contributed by atoms with Crippen LogP contribution < -0.4 is 5.32 Å². The van der Waals surface area contributed by atoms with E-state index < -0.39 is 30.0 Å². The van der Waals surface area contributed by atoms with Gasteiger partial charge in [-0.15, -0.1) is 5.10 Å². The van der Waals surface area contributed by atoms with Crippen molar-refractivity contribution < 1.29 is 19.1 Å². The van der Waals surface area contributed by atoms with Gasteiger partial charge in [-0.25, -0.2) is 4.79 Å². The van der Waals surface area contributed by atoms with E-state index in [-0.39, 0.29) is 6.61 Å². The first-order chi connectivity index (χ1) is 10.4. The number of rotatable bonds is 6. The van der Waals surface area contributed by atoms with Gasteiger partial charge in [-0.05, 0) is 12.8 Å². The Kier molecular flexibility index (Phi) is 4.97. The number of halogens is 1. The molecule has 0 aromatic carbocycles. The summed E-state index contributed by atoms with van der Waals surface area (Å²) in [6, 6.07) is -0.584. The summed E-state index contributed by atoms with van der Waals surface area (Å²) in [5.74, 6) is -1.12. The van der Waals surface area contributed by atoms with Gasteiger partial charge in [-0.1, -0.05) is 29.9 Å². The van der Waals surface area contributed by atoms with Gasteiger partial charge in [-0.2, -0.15) is 0 Å². The maximum absolute atomic E-state index is 12.3. The summed E-state index contributed by atoms with van der Waals surface area (Å²) in [6.07, 6.45) is 0.916. The van der Waals surface area contributed by atoms with E-state index in [0.717, 1.165) is 16.4 Å². The SMILES string of the molecule is CCC1(CC)NC(=O)N(CC(=O)OCc2nnsc2Cl)C1=O. The Hall–Kier alpha value is -1.74. The Morgan fingerprint density at radius 2 is 2.09 bits per heavy atom. The van der Waals surface area contributed by atoms with Crippen LogP contribution in [0.1, 0.15) is 32.4 Å². The summed E-state index contributed by atoms with van der Waals surface area (Å²) in [6.45, 7) is 3.02. The number of esters is 1. The molecule has 10 heteroatoms. The number of amides is 3. The van der Waals surface area contributed by atoms with Crippen molar-refractivity contribution in [3.63, 3.8) is 0 Å². The van der Waals surface area contributed by atoms with Crippen LogP contribution >= 0.6 is 23.1 Å². The number of ether oxygens (including phenoxy) is 1. The lowest BCUT2D eigenvalue weighted by Gasteiger charge is -2.22. The molecule has 2 heterocycles. The third-order valence-electron chi connectivity index (χ3n) is 3.62. The molecule has 1 aliphatic heterocycles. The van der Waals surface area contributed by atoms with E-state index in [2.05, 4.69) is 14.9 Å². The summed E-state index contributed by atoms with van der Waals surface area (Å²) in [4.78, 5) is 36.9. The van der Waals surface area contributed by atoms with Gasteiger partial charge in [0, 0.05) is 11.5 Å². The monoisotopic (exact) mass is 346 g/mol. The molecule has 1 N–H and O–H groups in total. The summed E-state index contributed by atoms with van der Waals surface area (Å²) in [5, 5.41) is 6.34. The topological polar surface area (TPSA) is 101 Å². The maximum Gasteiger partial charge on any atom is 0.326 e. The first-order valence-electron chi connectivity index (χ1n) is 6.70. The highest BCUT2D eigenvalue weighted by atomic mass is 35.5. The molecule has 1 aliphatic rings. The Balaban J connectivity index is 1.95. The molecule has 22 heavy (non-hydrogen) atoms. The van der Waals surface area contributed by atoms with E-state index in [0.29, 0.717) is 22.9 Å². The van der Waals surface area contributed by atoms with E-state index in [4.69, 9.17) is 16.3 Å². The minimum absolute atomic E-state index is 0.148. The van der Waals surface area contributed by atoms with Crippen molar-refractivity contribution >= 4 is 41.0 Å². The Labute approximate surface area is 135 Å². The average molecular weight is 347 g/mol. The highest BCUT2D eigenvalue weighted by Gasteiger charge is 2.49. The minimum atomic E-state index is -0.931. The highest BCUT2D eigenvalue weighted by molar-refractivity contribution is 7.10. The molecular weight excluding hydrogens is 332 g/mol. The van der Waals surface area contributed by atoms with Crippen molar-refractivity contribution in [2.75, 3.05) is 6.54 Å². The average Bonchev–Trinajstić information content (AvgIpc) is 3.01. The Bertz CT molecular complexity index is 602. The number of nitrogens with zero attached hydrogens (tertiary/aromatic N) is 3. The predicted molar refractivity (Wildman–Crippen MR) is 78.3 cm³/mol. The van der Waals surface area contributed by atoms with Gasteiger partial charge in [0.15, 0.2) is 0 Å². The van der Waals surface area contributed by atoms with E-state index in [1.807, 2.05) is 0 Å². The third-order valence-corrected chi connectivity index (χ3v) is 4.60. The molecule has 0 spiro atoms. The quantitative estimate of drug-likeness (QED) is 0.616. The van der Waals surface area contributed by atoms with E-state index in [1.165, 1.54) is 0 Å². The van der Waals surface area contributed by atoms with Gasteiger partial charge < -0.3 is 10.1 Å². The summed E-state index contributed by atoms with van der Waals surface area (Å²) in [5.41, 5.74) is -0.590. The predicted octanol–water partition coefficient (Wildman–Crippen LogP) is 1.35. The van der Waals surface area contributed by atoms with Crippen LogP contribution in [-0.2, 0) is 20.9 Å². The van der Waals surface area contributed by atoms with Crippen molar-refractivity contribution in [3.8, 4) is 0 Å². The number of imide groups is 1. The summed E-state index contributed by atoms with van der Waals surface area (Å²) < 4.78 is 8.91. The Morgan fingerprint density at radius 3 is 2.59 bits per heavy atom. The van der Waals surface area contributed by atoms with Gasteiger partial charge in [0.1, 0.15) is 28.7 Å². The van der Waals surface area contributed by atoms with Gasteiger partial charge in [0.2, 0.25) is 0 Å². The van der Waals surface area contributed by atoms with Crippen molar-refractivity contribution in [3.05, 3.63) is 10.0 Å². The lowest BCUT2D eigenvalue weighted by Crippen LogP contribution is -2.46. The van der Waals surface area contributed by atoms with Crippen LogP contribution in [0.4, 0.5) is 4.79 Å². The zero-order valence-corrected chi connectivity index (χ0v) is 13.7. The smallest absolute Gasteiger partial charge is 0.326 e. The number of carbonyl (C=O) groups excluding carboxylic acids is 3. The molecule has 120 valence electrons. The number of aromatic nitrogens is 2. The van der Waals surface area contributed by atoms with E-state index in [9.17, 15) is 14.4 Å². The van der Waals surface area contributed by atoms with Crippen molar-refractivity contribution in [2.45, 2.75) is 38.8 Å². The minimum Gasteiger partial charge on any atom is -0.458 e. The fourth-order valence-corrected chi connectivity index (χ4v) is 2.76. The van der Waals surface area contributed by atoms with Crippen molar-refractivity contribution in [2.24, 2.45) is 0 Å². The van der Waals surface area contributed by atoms with Gasteiger partial charge in [0.25, 0.3) is 5.91 Å². The molecule has 2 rings (SSSR count). The molecule has 0 bridgehead atoms. The zero-order chi connectivity index (χ0) is 16.3. The fourth-order valence-electron chi connectivity index (χ4n) is 2.16. The molecular formula is C12H15ClN4O4S. The zero-order valence-electron chi connectivity index (χ0n) is 12.1. The second-order valence-electron chi connectivity index (χ2n) is 4.76. The van der Waals surface area contributed by atoms with E-state index in [1.54, 1.807) is 13.8 Å². The fraction of sp³-hybridized carbons (Fsp3) is 0.583. The van der Waals surface area contributed by atoms with Gasteiger partial charge in [0.05, 0.1) is 0 Å². The normalized spacial score (nSPS) is 16.8. The van der Waals surface area contributed by atoms with Crippen molar-refractivity contribution in [1.82, 2.24) is 19.8 Å². The molecule has 0 unspecified atom stereocenters. The third kappa shape index (κ3) is 3.05. The highest BCUT2D eigenvalue weighted by Crippen LogP contribution is 2.25. The van der Waals surface area contributed by atoms with Crippen LogP contribution in [0.3, 0.4) is 0 Å². The first-order valence-corrected chi connectivity index (χ1v) is 7.85. The summed E-state index contributed by atoms with van der Waals surface area (Å²) >= 11 is 6.77. The van der Waals surface area contributed by atoms with Crippen LogP contribution in [0.2, 0.25) is 4.34 Å². The molecule has 0 atom stereocenters. The maximum atomic E-state index is 12.3. The second kappa shape index (κ2) is 6.57. The Morgan fingerprint density at radius 1 is 1.41 bits per heavy atom. The summed E-state index contributed by atoms with van der Waals surface area (Å²) in [7, 11) is 0. The van der Waals surface area contributed by atoms with Crippen LogP contribution in [0.25, 0.3) is 0 Å². The number of nitrogens with one attached hydrogen (secondary N) is 1. The van der Waals surface area contributed by atoms with Crippen LogP contribution in [0, 0.1) is 0 Å². The molecule has 8 nitrogen and oxygen atoms in total. The number of urea groups is 1. The number of carbonyl (C=O) groups is 3. The molecule has 1 saturated heterocycles. The first kappa shape index (κ1) is 16.6. The lowest BCUT2D eigenvalue weighted by atomic mass is 9.93. The number of hydrogen-bond acceptors (Lipinski definition) is 7. The van der Waals surface area contributed by atoms with Gasteiger partial charge >= 0.3 is 12.0 Å². The molecule has 1 fully saturated rings. The largest absolute Gasteiger partial charge is 0.458 e. The van der Waals surface area contributed by atoms with Crippen LogP contribution in [0.15, 0.2) is 0 Å². The molecule has 1 aromatic heterocycles. The standard InChI is InChI=1S/C12H15ClN4O4S/c1-3-12(4-2)10(19)17(11(20)14-12)5-8(18)21-6-7-9(13)22-16-15-7/h3-6H2,1-2H3,(H,14,20). The van der Waals surface area contributed by atoms with Gasteiger partial charge in [-0.3, -0.25) is 14.5 Å². The number of hydrogen-bond donors (Lipinski definition) is 1. The lowest BCUT2D eigenvalue weighted by molar-refractivity contribution is -0.149. The van der Waals surface area contributed by atoms with Crippen molar-refractivity contribution in [1.29, 1.82) is 0 Å². The van der Waals surface area contributed by atoms with Crippen LogP contribution in [0.5, 0.6) is 0 Å². The molecule has 0 aliphatic carbocycles. The molecule has 3 amide bonds.